The fourth-order valence-electron chi connectivity index (χ4n) is 3.17. The average molecular weight is 358 g/mol. The number of hydrogen-bond donors (Lipinski definition) is 2. The van der Waals surface area contributed by atoms with Gasteiger partial charge in [-0.2, -0.15) is 0 Å². The van der Waals surface area contributed by atoms with Crippen LogP contribution in [0.5, 0.6) is 11.5 Å². The average Bonchev–Trinajstić information content (AvgIpc) is 2.66. The van der Waals surface area contributed by atoms with E-state index in [-0.39, 0.29) is 11.1 Å². The van der Waals surface area contributed by atoms with Crippen LogP contribution in [0.3, 0.4) is 0 Å². The molecular weight excluding hydrogens is 344 g/mol. The Balaban J connectivity index is 1.85. The number of ether oxygens (including phenoxy) is 1. The third kappa shape index (κ3) is 3.06. The summed E-state index contributed by atoms with van der Waals surface area (Å²) in [4.78, 5) is 23.2. The van der Waals surface area contributed by atoms with Gasteiger partial charge in [0.1, 0.15) is 11.5 Å². The van der Waals surface area contributed by atoms with Crippen LogP contribution in [-0.4, -0.2) is 22.2 Å². The number of aromatic carboxylic acids is 2. The summed E-state index contributed by atoms with van der Waals surface area (Å²) in [7, 11) is 0. The minimum absolute atomic E-state index is 0.127. The molecular formula is C22H14O5. The topological polar surface area (TPSA) is 83.8 Å². The number of carboxylic acids is 2. The zero-order chi connectivity index (χ0) is 19.0. The Bertz CT molecular complexity index is 1110. The van der Waals surface area contributed by atoms with Gasteiger partial charge in [0, 0.05) is 0 Å². The van der Waals surface area contributed by atoms with Gasteiger partial charge in [-0.1, -0.05) is 48.5 Å². The molecule has 0 atom stereocenters. The van der Waals surface area contributed by atoms with E-state index in [4.69, 9.17) is 4.74 Å². The maximum Gasteiger partial charge on any atom is 0.336 e. The van der Waals surface area contributed by atoms with E-state index in [9.17, 15) is 19.8 Å². The quantitative estimate of drug-likeness (QED) is 0.525. The molecule has 0 aliphatic carbocycles. The van der Waals surface area contributed by atoms with Crippen molar-refractivity contribution in [2.24, 2.45) is 0 Å². The number of rotatable bonds is 4. The molecule has 4 aromatic carbocycles. The van der Waals surface area contributed by atoms with Crippen LogP contribution in [-0.2, 0) is 0 Å². The molecule has 0 saturated heterocycles. The Labute approximate surface area is 154 Å². The molecule has 0 aliphatic rings. The van der Waals surface area contributed by atoms with Crippen molar-refractivity contribution >= 4 is 33.5 Å². The second kappa shape index (κ2) is 6.46. The molecule has 0 amide bonds. The standard InChI is InChI=1S/C22H14O5/c23-21(24)19-11-15(9-13-5-1-3-7-17(13)19)27-16-10-14-6-2-4-8-18(14)20(12-16)22(25)26/h1-12H,(H,23,24)(H,25,26). The van der Waals surface area contributed by atoms with Crippen molar-refractivity contribution in [1.29, 1.82) is 0 Å². The van der Waals surface area contributed by atoms with Crippen LogP contribution < -0.4 is 4.74 Å². The lowest BCUT2D eigenvalue weighted by Gasteiger charge is -2.11. The Morgan fingerprint density at radius 2 is 1.04 bits per heavy atom. The van der Waals surface area contributed by atoms with Crippen LogP contribution in [0.2, 0.25) is 0 Å². The first-order chi connectivity index (χ1) is 13.0. The van der Waals surface area contributed by atoms with Crippen molar-refractivity contribution in [3.05, 3.63) is 83.9 Å². The van der Waals surface area contributed by atoms with Gasteiger partial charge >= 0.3 is 11.9 Å². The first-order valence-electron chi connectivity index (χ1n) is 8.23. The predicted octanol–water partition coefficient (Wildman–Crippen LogP) is 5.18. The highest BCUT2D eigenvalue weighted by Crippen LogP contribution is 2.32. The van der Waals surface area contributed by atoms with Gasteiger partial charge in [0.25, 0.3) is 0 Å². The van der Waals surface area contributed by atoms with Gasteiger partial charge < -0.3 is 14.9 Å². The lowest BCUT2D eigenvalue weighted by atomic mass is 10.0. The largest absolute Gasteiger partial charge is 0.478 e. The van der Waals surface area contributed by atoms with Gasteiger partial charge in [0.2, 0.25) is 0 Å². The second-order valence-corrected chi connectivity index (χ2v) is 6.10. The normalized spacial score (nSPS) is 10.8. The molecule has 5 nitrogen and oxygen atoms in total. The summed E-state index contributed by atoms with van der Waals surface area (Å²) in [5.41, 5.74) is 0.254. The monoisotopic (exact) mass is 358 g/mol. The lowest BCUT2D eigenvalue weighted by molar-refractivity contribution is 0.0688. The van der Waals surface area contributed by atoms with E-state index in [2.05, 4.69) is 0 Å². The van der Waals surface area contributed by atoms with Crippen LogP contribution in [0, 0.1) is 0 Å². The van der Waals surface area contributed by atoms with E-state index in [0.717, 1.165) is 10.8 Å². The van der Waals surface area contributed by atoms with Crippen LogP contribution >= 0.6 is 0 Å². The molecule has 4 aromatic rings. The summed E-state index contributed by atoms with van der Waals surface area (Å²) in [6.45, 7) is 0. The van der Waals surface area contributed by atoms with Gasteiger partial charge in [-0.25, -0.2) is 9.59 Å². The van der Waals surface area contributed by atoms with Gasteiger partial charge in [-0.3, -0.25) is 0 Å². The van der Waals surface area contributed by atoms with E-state index >= 15 is 0 Å². The fraction of sp³-hybridized carbons (Fsp3) is 0. The molecule has 0 fully saturated rings. The summed E-state index contributed by atoms with van der Waals surface area (Å²) < 4.78 is 5.85. The summed E-state index contributed by atoms with van der Waals surface area (Å²) in [5, 5.41) is 21.7. The van der Waals surface area contributed by atoms with Crippen molar-refractivity contribution in [2.75, 3.05) is 0 Å². The number of carbonyl (C=O) groups is 2. The van der Waals surface area contributed by atoms with Gasteiger partial charge in [-0.05, 0) is 45.8 Å². The SMILES string of the molecule is O=C(O)c1cc(Oc2cc(C(=O)O)c3ccccc3c2)cc2ccccc12. The maximum absolute atomic E-state index is 11.6. The number of hydrogen-bond acceptors (Lipinski definition) is 3. The van der Waals surface area contributed by atoms with E-state index < -0.39 is 11.9 Å². The highest BCUT2D eigenvalue weighted by Gasteiger charge is 2.14. The second-order valence-electron chi connectivity index (χ2n) is 6.10. The number of benzene rings is 4. The molecule has 132 valence electrons. The maximum atomic E-state index is 11.6. The predicted molar refractivity (Wildman–Crippen MR) is 102 cm³/mol. The Morgan fingerprint density at radius 3 is 1.44 bits per heavy atom. The van der Waals surface area contributed by atoms with Gasteiger partial charge in [0.15, 0.2) is 0 Å². The van der Waals surface area contributed by atoms with E-state index in [1.54, 1.807) is 48.5 Å². The smallest absolute Gasteiger partial charge is 0.336 e. The summed E-state index contributed by atoms with van der Waals surface area (Å²) in [6, 6.07) is 20.6. The number of carboxylic acid groups (broad SMARTS) is 2. The van der Waals surface area contributed by atoms with E-state index in [1.807, 2.05) is 12.1 Å². The number of fused-ring (bicyclic) bond motifs is 2. The Morgan fingerprint density at radius 1 is 0.630 bits per heavy atom. The van der Waals surface area contributed by atoms with Crippen molar-refractivity contribution < 1.29 is 24.5 Å². The van der Waals surface area contributed by atoms with Gasteiger partial charge in [0.05, 0.1) is 11.1 Å². The highest BCUT2D eigenvalue weighted by molar-refractivity contribution is 6.05. The molecule has 0 saturated carbocycles. The minimum atomic E-state index is -1.05. The summed E-state index contributed by atoms with van der Waals surface area (Å²) >= 11 is 0. The molecule has 5 heteroatoms. The van der Waals surface area contributed by atoms with Crippen molar-refractivity contribution in [3.8, 4) is 11.5 Å². The zero-order valence-electron chi connectivity index (χ0n) is 14.0. The van der Waals surface area contributed by atoms with Crippen molar-refractivity contribution in [2.45, 2.75) is 0 Å². The summed E-state index contributed by atoms with van der Waals surface area (Å²) in [5.74, 6) is -1.45. The van der Waals surface area contributed by atoms with Crippen LogP contribution in [0.15, 0.2) is 72.8 Å². The molecule has 2 N–H and O–H groups in total. The van der Waals surface area contributed by atoms with Crippen LogP contribution in [0.4, 0.5) is 0 Å². The fourth-order valence-corrected chi connectivity index (χ4v) is 3.17. The van der Waals surface area contributed by atoms with E-state index in [1.165, 1.54) is 12.1 Å². The van der Waals surface area contributed by atoms with E-state index in [0.29, 0.717) is 22.3 Å². The molecule has 4 rings (SSSR count). The molecule has 0 spiro atoms. The highest BCUT2D eigenvalue weighted by atomic mass is 16.5. The first-order valence-corrected chi connectivity index (χ1v) is 8.23. The molecule has 27 heavy (non-hydrogen) atoms. The molecule has 0 aromatic heterocycles. The molecule has 0 unspecified atom stereocenters. The Hall–Kier alpha value is -3.86. The first kappa shape index (κ1) is 16.6. The zero-order valence-corrected chi connectivity index (χ0v) is 14.0. The van der Waals surface area contributed by atoms with Crippen LogP contribution in [0.1, 0.15) is 20.7 Å². The van der Waals surface area contributed by atoms with Crippen LogP contribution in [0.25, 0.3) is 21.5 Å². The molecule has 0 heterocycles. The summed E-state index contributed by atoms with van der Waals surface area (Å²) in [6.07, 6.45) is 0. The van der Waals surface area contributed by atoms with Crippen molar-refractivity contribution in [1.82, 2.24) is 0 Å². The molecule has 0 aliphatic heterocycles. The minimum Gasteiger partial charge on any atom is -0.478 e. The third-order valence-electron chi connectivity index (χ3n) is 4.37. The third-order valence-corrected chi connectivity index (χ3v) is 4.37. The van der Waals surface area contributed by atoms with Crippen molar-refractivity contribution in [3.63, 3.8) is 0 Å². The Kier molecular flexibility index (Phi) is 3.97. The lowest BCUT2D eigenvalue weighted by Crippen LogP contribution is -2.00. The van der Waals surface area contributed by atoms with Gasteiger partial charge in [-0.15, -0.1) is 0 Å². The molecule has 0 radical (unpaired) electrons. The molecule has 0 bridgehead atoms.